The standard InChI is InChI=1S/C19H30N2O2/c1-15(2)12-21-8-7-20(14-18(21)5-9-22)13-16-3-4-19-17(11-16)6-10-23-19/h3-4,11,15,18,22H,5-10,12-14H2,1-2H3/t18-/m0/s1. The Morgan fingerprint density at radius 3 is 2.96 bits per heavy atom. The summed E-state index contributed by atoms with van der Waals surface area (Å²) < 4.78 is 5.60. The van der Waals surface area contributed by atoms with Crippen LogP contribution in [0.4, 0.5) is 0 Å². The molecule has 1 aromatic carbocycles. The van der Waals surface area contributed by atoms with Gasteiger partial charge >= 0.3 is 0 Å². The van der Waals surface area contributed by atoms with Crippen molar-refractivity contribution in [2.45, 2.75) is 39.3 Å². The Balaban J connectivity index is 1.60. The first kappa shape index (κ1) is 16.7. The Hall–Kier alpha value is -1.10. The van der Waals surface area contributed by atoms with Gasteiger partial charge in [0, 0.05) is 51.8 Å². The van der Waals surface area contributed by atoms with Gasteiger partial charge in [0.05, 0.1) is 6.61 Å². The summed E-state index contributed by atoms with van der Waals surface area (Å²) in [6.45, 7) is 11.1. The number of fused-ring (bicyclic) bond motifs is 1. The summed E-state index contributed by atoms with van der Waals surface area (Å²) in [6.07, 6.45) is 1.92. The van der Waals surface area contributed by atoms with E-state index in [2.05, 4.69) is 41.8 Å². The summed E-state index contributed by atoms with van der Waals surface area (Å²) in [5, 5.41) is 9.39. The van der Waals surface area contributed by atoms with Crippen LogP contribution in [0.2, 0.25) is 0 Å². The third-order valence-corrected chi connectivity index (χ3v) is 4.91. The Kier molecular flexibility index (Phi) is 5.57. The molecule has 3 rings (SSSR count). The summed E-state index contributed by atoms with van der Waals surface area (Å²) in [4.78, 5) is 5.10. The lowest BCUT2D eigenvalue weighted by atomic mass is 10.0. The van der Waals surface area contributed by atoms with Gasteiger partial charge in [0.25, 0.3) is 0 Å². The highest BCUT2D eigenvalue weighted by molar-refractivity contribution is 5.39. The number of hydrogen-bond acceptors (Lipinski definition) is 4. The van der Waals surface area contributed by atoms with Crippen LogP contribution in [-0.4, -0.2) is 60.3 Å². The van der Waals surface area contributed by atoms with E-state index in [-0.39, 0.29) is 6.61 Å². The number of benzene rings is 1. The molecule has 1 N–H and O–H groups in total. The molecule has 4 heteroatoms. The smallest absolute Gasteiger partial charge is 0.122 e. The molecule has 0 saturated carbocycles. The molecular weight excluding hydrogens is 288 g/mol. The van der Waals surface area contributed by atoms with E-state index in [0.717, 1.165) is 57.9 Å². The second-order valence-electron chi connectivity index (χ2n) is 7.33. The quantitative estimate of drug-likeness (QED) is 0.872. The van der Waals surface area contributed by atoms with Crippen LogP contribution in [0.1, 0.15) is 31.4 Å². The van der Waals surface area contributed by atoms with E-state index in [0.29, 0.717) is 12.0 Å². The van der Waals surface area contributed by atoms with Gasteiger partial charge in [-0.25, -0.2) is 0 Å². The Morgan fingerprint density at radius 2 is 2.17 bits per heavy atom. The van der Waals surface area contributed by atoms with E-state index in [1.165, 1.54) is 11.1 Å². The summed E-state index contributed by atoms with van der Waals surface area (Å²) >= 11 is 0. The zero-order valence-electron chi connectivity index (χ0n) is 14.5. The Morgan fingerprint density at radius 1 is 1.30 bits per heavy atom. The highest BCUT2D eigenvalue weighted by Gasteiger charge is 2.27. The molecule has 128 valence electrons. The summed E-state index contributed by atoms with van der Waals surface area (Å²) in [5.74, 6) is 1.74. The average Bonchev–Trinajstić information content (AvgIpc) is 2.97. The van der Waals surface area contributed by atoms with Crippen LogP contribution in [0.3, 0.4) is 0 Å². The second-order valence-corrected chi connectivity index (χ2v) is 7.33. The zero-order chi connectivity index (χ0) is 16.2. The fraction of sp³-hybridized carbons (Fsp3) is 0.684. The van der Waals surface area contributed by atoms with Crippen molar-refractivity contribution in [1.82, 2.24) is 9.80 Å². The van der Waals surface area contributed by atoms with Crippen molar-refractivity contribution in [3.8, 4) is 5.75 Å². The fourth-order valence-corrected chi connectivity index (χ4v) is 3.83. The highest BCUT2D eigenvalue weighted by atomic mass is 16.5. The van der Waals surface area contributed by atoms with E-state index < -0.39 is 0 Å². The van der Waals surface area contributed by atoms with Gasteiger partial charge in [-0.2, -0.15) is 0 Å². The average molecular weight is 318 g/mol. The number of aliphatic hydroxyl groups is 1. The van der Waals surface area contributed by atoms with E-state index in [1.54, 1.807) is 0 Å². The lowest BCUT2D eigenvalue weighted by Crippen LogP contribution is -2.53. The predicted octanol–water partition coefficient (Wildman–Crippen LogP) is 2.15. The molecule has 4 nitrogen and oxygen atoms in total. The lowest BCUT2D eigenvalue weighted by molar-refractivity contribution is 0.0477. The normalized spacial score (nSPS) is 22.3. The first-order chi connectivity index (χ1) is 11.2. The summed E-state index contributed by atoms with van der Waals surface area (Å²) in [6, 6.07) is 7.11. The molecule has 1 atom stereocenters. The third-order valence-electron chi connectivity index (χ3n) is 4.91. The number of hydrogen-bond donors (Lipinski definition) is 1. The maximum atomic E-state index is 9.39. The van der Waals surface area contributed by atoms with Crippen molar-refractivity contribution in [2.24, 2.45) is 5.92 Å². The maximum absolute atomic E-state index is 9.39. The van der Waals surface area contributed by atoms with E-state index in [9.17, 15) is 5.11 Å². The van der Waals surface area contributed by atoms with E-state index in [1.807, 2.05) is 0 Å². The molecule has 0 spiro atoms. The summed E-state index contributed by atoms with van der Waals surface area (Å²) in [5.41, 5.74) is 2.74. The van der Waals surface area contributed by atoms with Crippen LogP contribution in [-0.2, 0) is 13.0 Å². The lowest BCUT2D eigenvalue weighted by Gasteiger charge is -2.42. The molecule has 0 aliphatic carbocycles. The minimum atomic E-state index is 0.281. The Bertz CT molecular complexity index is 518. The summed E-state index contributed by atoms with van der Waals surface area (Å²) in [7, 11) is 0. The van der Waals surface area contributed by atoms with Crippen molar-refractivity contribution in [2.75, 3.05) is 39.4 Å². The maximum Gasteiger partial charge on any atom is 0.122 e. The molecule has 1 aromatic rings. The molecule has 0 radical (unpaired) electrons. The highest BCUT2D eigenvalue weighted by Crippen LogP contribution is 2.27. The van der Waals surface area contributed by atoms with Crippen molar-refractivity contribution < 1.29 is 9.84 Å². The van der Waals surface area contributed by atoms with Crippen molar-refractivity contribution >= 4 is 0 Å². The molecule has 0 amide bonds. The van der Waals surface area contributed by atoms with Gasteiger partial charge in [-0.05, 0) is 29.5 Å². The molecule has 1 saturated heterocycles. The fourth-order valence-electron chi connectivity index (χ4n) is 3.83. The largest absolute Gasteiger partial charge is 0.493 e. The first-order valence-electron chi connectivity index (χ1n) is 8.97. The molecule has 2 aliphatic rings. The van der Waals surface area contributed by atoms with Crippen LogP contribution < -0.4 is 4.74 Å². The Labute approximate surface area is 140 Å². The monoisotopic (exact) mass is 318 g/mol. The van der Waals surface area contributed by atoms with Gasteiger partial charge in [-0.3, -0.25) is 9.80 Å². The number of nitrogens with zero attached hydrogens (tertiary/aromatic N) is 2. The molecule has 0 unspecified atom stereocenters. The molecule has 23 heavy (non-hydrogen) atoms. The molecule has 0 aromatic heterocycles. The minimum Gasteiger partial charge on any atom is -0.493 e. The number of rotatable bonds is 6. The third kappa shape index (κ3) is 4.25. The first-order valence-corrected chi connectivity index (χ1v) is 8.97. The van der Waals surface area contributed by atoms with Gasteiger partial charge in [0.15, 0.2) is 0 Å². The predicted molar refractivity (Wildman–Crippen MR) is 92.8 cm³/mol. The van der Waals surface area contributed by atoms with Crippen LogP contribution in [0, 0.1) is 5.92 Å². The van der Waals surface area contributed by atoms with Crippen LogP contribution in [0.5, 0.6) is 5.75 Å². The molecule has 0 bridgehead atoms. The molecule has 2 heterocycles. The van der Waals surface area contributed by atoms with Crippen LogP contribution in [0.25, 0.3) is 0 Å². The van der Waals surface area contributed by atoms with Crippen molar-refractivity contribution in [3.63, 3.8) is 0 Å². The van der Waals surface area contributed by atoms with Crippen LogP contribution >= 0.6 is 0 Å². The van der Waals surface area contributed by atoms with Gasteiger partial charge in [0.1, 0.15) is 5.75 Å². The molecule has 2 aliphatic heterocycles. The zero-order valence-corrected chi connectivity index (χ0v) is 14.5. The van der Waals surface area contributed by atoms with Gasteiger partial charge in [0.2, 0.25) is 0 Å². The van der Waals surface area contributed by atoms with Gasteiger partial charge < -0.3 is 9.84 Å². The second kappa shape index (κ2) is 7.65. The van der Waals surface area contributed by atoms with Gasteiger partial charge in [-0.1, -0.05) is 26.0 Å². The topological polar surface area (TPSA) is 35.9 Å². The molecular formula is C19H30N2O2. The number of aliphatic hydroxyl groups excluding tert-OH is 1. The van der Waals surface area contributed by atoms with E-state index in [4.69, 9.17) is 4.74 Å². The van der Waals surface area contributed by atoms with Crippen LogP contribution in [0.15, 0.2) is 18.2 Å². The minimum absolute atomic E-state index is 0.281. The number of piperazine rings is 1. The molecule has 1 fully saturated rings. The van der Waals surface area contributed by atoms with Crippen molar-refractivity contribution in [1.29, 1.82) is 0 Å². The number of ether oxygens (including phenoxy) is 1. The SMILES string of the molecule is CC(C)CN1CCN(Cc2ccc3c(c2)CCO3)C[C@@H]1CCO. The van der Waals surface area contributed by atoms with Crippen molar-refractivity contribution in [3.05, 3.63) is 29.3 Å². The van der Waals surface area contributed by atoms with Gasteiger partial charge in [-0.15, -0.1) is 0 Å². The van der Waals surface area contributed by atoms with E-state index >= 15 is 0 Å².